The molecule has 1 heterocycles. The van der Waals surface area contributed by atoms with E-state index in [2.05, 4.69) is 11.8 Å². The van der Waals surface area contributed by atoms with Crippen LogP contribution in [0.1, 0.15) is 18.9 Å². The maximum Gasteiger partial charge on any atom is 0.317 e. The molecule has 0 fully saturated rings. The molecule has 4 nitrogen and oxygen atoms in total. The second-order valence-electron chi connectivity index (χ2n) is 2.74. The van der Waals surface area contributed by atoms with Gasteiger partial charge in [-0.3, -0.25) is 4.79 Å². The van der Waals surface area contributed by atoms with Crippen molar-refractivity contribution in [2.75, 3.05) is 6.61 Å². The Balaban J connectivity index is 2.55. The van der Waals surface area contributed by atoms with Gasteiger partial charge in [-0.1, -0.05) is 11.8 Å². The molecule has 15 heavy (non-hydrogen) atoms. The summed E-state index contributed by atoms with van der Waals surface area (Å²) in [7, 11) is 0. The maximum atomic E-state index is 10.9. The van der Waals surface area contributed by atoms with Gasteiger partial charge >= 0.3 is 5.97 Å². The molecule has 0 aliphatic carbocycles. The van der Waals surface area contributed by atoms with E-state index in [9.17, 15) is 10.0 Å². The molecule has 0 saturated carbocycles. The Kier molecular flexibility index (Phi) is 4.17. The molecule has 0 atom stereocenters. The monoisotopic (exact) mass is 205 g/mol. The van der Waals surface area contributed by atoms with Crippen LogP contribution in [-0.4, -0.2) is 12.6 Å². The van der Waals surface area contributed by atoms with Gasteiger partial charge in [0.2, 0.25) is 0 Å². The largest absolute Gasteiger partial charge is 0.619 e. The lowest BCUT2D eigenvalue weighted by Gasteiger charge is -1.95. The van der Waals surface area contributed by atoms with Crippen LogP contribution in [0.3, 0.4) is 0 Å². The SMILES string of the molecule is CCOC(=O)CC#Cc1ccc[n+]([O-])c1. The van der Waals surface area contributed by atoms with Gasteiger partial charge in [-0.15, -0.1) is 0 Å². The molecule has 0 saturated heterocycles. The number of carbonyl (C=O) groups excluding carboxylic acids is 1. The number of rotatable bonds is 2. The fourth-order valence-corrected chi connectivity index (χ4v) is 0.959. The molecule has 0 aromatic carbocycles. The first-order valence-corrected chi connectivity index (χ1v) is 4.55. The van der Waals surface area contributed by atoms with Crippen molar-refractivity contribution in [3.63, 3.8) is 0 Å². The molecule has 0 aliphatic heterocycles. The van der Waals surface area contributed by atoms with Crippen LogP contribution < -0.4 is 4.73 Å². The minimum atomic E-state index is -0.351. The van der Waals surface area contributed by atoms with Gasteiger partial charge in [-0.2, -0.15) is 4.73 Å². The van der Waals surface area contributed by atoms with E-state index in [-0.39, 0.29) is 12.4 Å². The molecule has 0 aliphatic rings. The predicted octanol–water partition coefficient (Wildman–Crippen LogP) is 0.625. The smallest absolute Gasteiger partial charge is 0.317 e. The highest BCUT2D eigenvalue weighted by molar-refractivity contribution is 5.72. The Morgan fingerprint density at radius 3 is 3.13 bits per heavy atom. The molecule has 0 radical (unpaired) electrons. The molecule has 78 valence electrons. The van der Waals surface area contributed by atoms with Crippen molar-refractivity contribution in [3.05, 3.63) is 35.3 Å². The number of hydrogen-bond donors (Lipinski definition) is 0. The Bertz CT molecular complexity index is 404. The van der Waals surface area contributed by atoms with Gasteiger partial charge in [0.05, 0.1) is 12.2 Å². The molecule has 0 unspecified atom stereocenters. The summed E-state index contributed by atoms with van der Waals surface area (Å²) >= 11 is 0. The van der Waals surface area contributed by atoms with E-state index >= 15 is 0 Å². The summed E-state index contributed by atoms with van der Waals surface area (Å²) in [4.78, 5) is 10.9. The molecule has 0 spiro atoms. The lowest BCUT2D eigenvalue weighted by molar-refractivity contribution is -0.605. The number of hydrogen-bond acceptors (Lipinski definition) is 3. The van der Waals surface area contributed by atoms with Gasteiger partial charge in [0.1, 0.15) is 6.42 Å². The summed E-state index contributed by atoms with van der Waals surface area (Å²) in [6, 6.07) is 3.30. The number of aromatic nitrogens is 1. The third kappa shape index (κ3) is 4.14. The van der Waals surface area contributed by atoms with Crippen molar-refractivity contribution >= 4 is 5.97 Å². The quantitative estimate of drug-likeness (QED) is 0.308. The van der Waals surface area contributed by atoms with Crippen LogP contribution >= 0.6 is 0 Å². The molecule has 4 heteroatoms. The van der Waals surface area contributed by atoms with E-state index < -0.39 is 0 Å². The van der Waals surface area contributed by atoms with E-state index in [4.69, 9.17) is 4.74 Å². The molecular formula is C11H11NO3. The summed E-state index contributed by atoms with van der Waals surface area (Å²) in [6.45, 7) is 2.09. The van der Waals surface area contributed by atoms with Gasteiger partial charge < -0.3 is 9.94 Å². The average molecular weight is 205 g/mol. The summed E-state index contributed by atoms with van der Waals surface area (Å²) < 4.78 is 5.36. The lowest BCUT2D eigenvalue weighted by atomic mass is 10.3. The van der Waals surface area contributed by atoms with Crippen molar-refractivity contribution in [3.8, 4) is 11.8 Å². The van der Waals surface area contributed by atoms with Crippen LogP contribution in [0.15, 0.2) is 24.5 Å². The van der Waals surface area contributed by atoms with Crippen LogP contribution in [0.4, 0.5) is 0 Å². The van der Waals surface area contributed by atoms with E-state index in [1.807, 2.05) is 0 Å². The van der Waals surface area contributed by atoms with E-state index in [1.165, 1.54) is 12.4 Å². The van der Waals surface area contributed by atoms with Crippen LogP contribution in [0.2, 0.25) is 0 Å². The first-order chi connectivity index (χ1) is 7.22. The van der Waals surface area contributed by atoms with Gasteiger partial charge in [0.15, 0.2) is 12.4 Å². The zero-order valence-electron chi connectivity index (χ0n) is 8.40. The normalized spacial score (nSPS) is 8.87. The molecule has 0 N–H and O–H groups in total. The Labute approximate surface area is 88.1 Å². The van der Waals surface area contributed by atoms with Crippen molar-refractivity contribution in [2.24, 2.45) is 0 Å². The molecule has 0 amide bonds. The third-order valence-electron chi connectivity index (χ3n) is 1.55. The highest BCUT2D eigenvalue weighted by Gasteiger charge is 1.96. The topological polar surface area (TPSA) is 53.2 Å². The van der Waals surface area contributed by atoms with Crippen LogP contribution in [0.25, 0.3) is 0 Å². The average Bonchev–Trinajstić information content (AvgIpc) is 2.18. The zero-order valence-corrected chi connectivity index (χ0v) is 8.40. The molecular weight excluding hydrogens is 194 g/mol. The standard InChI is InChI=1S/C11H11NO3/c1-2-15-11(13)7-3-5-10-6-4-8-12(14)9-10/h4,6,8-9H,2,7H2,1H3. The maximum absolute atomic E-state index is 10.9. The first-order valence-electron chi connectivity index (χ1n) is 4.55. The van der Waals surface area contributed by atoms with Crippen LogP contribution in [0.5, 0.6) is 0 Å². The van der Waals surface area contributed by atoms with E-state index in [0.29, 0.717) is 16.9 Å². The minimum Gasteiger partial charge on any atom is -0.619 e. The van der Waals surface area contributed by atoms with Crippen molar-refractivity contribution in [1.29, 1.82) is 0 Å². The second kappa shape index (κ2) is 5.66. The third-order valence-corrected chi connectivity index (χ3v) is 1.55. The summed E-state index contributed by atoms with van der Waals surface area (Å²) in [6.07, 6.45) is 2.76. The zero-order chi connectivity index (χ0) is 11.1. The summed E-state index contributed by atoms with van der Waals surface area (Å²) in [5, 5.41) is 10.8. The van der Waals surface area contributed by atoms with Crippen molar-refractivity contribution in [2.45, 2.75) is 13.3 Å². The molecule has 1 aromatic heterocycles. The minimum absolute atomic E-state index is 0.0432. The number of esters is 1. The Morgan fingerprint density at radius 1 is 1.67 bits per heavy atom. The predicted molar refractivity (Wildman–Crippen MR) is 53.5 cm³/mol. The van der Waals surface area contributed by atoms with Crippen molar-refractivity contribution in [1.82, 2.24) is 0 Å². The summed E-state index contributed by atoms with van der Waals surface area (Å²) in [5.74, 6) is 4.99. The van der Waals surface area contributed by atoms with Crippen LogP contribution in [0, 0.1) is 17.0 Å². The molecule has 1 rings (SSSR count). The number of pyridine rings is 1. The highest BCUT2D eigenvalue weighted by Crippen LogP contribution is 1.91. The number of carbonyl (C=O) groups is 1. The van der Waals surface area contributed by atoms with Gasteiger partial charge in [-0.05, 0) is 13.0 Å². The van der Waals surface area contributed by atoms with E-state index in [0.717, 1.165) is 0 Å². The van der Waals surface area contributed by atoms with Crippen molar-refractivity contribution < 1.29 is 14.3 Å². The molecule has 0 bridgehead atoms. The Hall–Kier alpha value is -2.02. The first kappa shape index (κ1) is 11.1. The Morgan fingerprint density at radius 2 is 2.47 bits per heavy atom. The highest BCUT2D eigenvalue weighted by atomic mass is 16.5. The number of nitrogens with zero attached hydrogens (tertiary/aromatic N) is 1. The van der Waals surface area contributed by atoms with Gasteiger partial charge in [0.25, 0.3) is 0 Å². The number of ether oxygens (including phenoxy) is 1. The second-order valence-corrected chi connectivity index (χ2v) is 2.74. The van der Waals surface area contributed by atoms with Gasteiger partial charge in [0, 0.05) is 6.07 Å². The summed E-state index contributed by atoms with van der Waals surface area (Å²) in [5.41, 5.74) is 0.580. The van der Waals surface area contributed by atoms with Crippen LogP contribution in [-0.2, 0) is 9.53 Å². The fraction of sp³-hybridized carbons (Fsp3) is 0.273. The fourth-order valence-electron chi connectivity index (χ4n) is 0.959. The molecule has 1 aromatic rings. The van der Waals surface area contributed by atoms with E-state index in [1.54, 1.807) is 19.1 Å². The lowest BCUT2D eigenvalue weighted by Crippen LogP contribution is -2.24. The van der Waals surface area contributed by atoms with Gasteiger partial charge in [-0.25, -0.2) is 0 Å².